The second-order valence-corrected chi connectivity index (χ2v) is 6.79. The molecule has 1 aromatic carbocycles. The average Bonchev–Trinajstić information content (AvgIpc) is 2.92. The number of benzene rings is 1. The van der Waals surface area contributed by atoms with Crippen LogP contribution in [-0.2, 0) is 11.3 Å². The van der Waals surface area contributed by atoms with Crippen LogP contribution in [0.25, 0.3) is 0 Å². The summed E-state index contributed by atoms with van der Waals surface area (Å²) >= 11 is 0. The Morgan fingerprint density at radius 3 is 2.83 bits per heavy atom. The molecule has 0 aromatic heterocycles. The molecule has 0 radical (unpaired) electrons. The molecule has 1 aromatic rings. The summed E-state index contributed by atoms with van der Waals surface area (Å²) in [5.74, 6) is 1.76. The molecule has 0 amide bonds. The van der Waals surface area contributed by atoms with E-state index in [-0.39, 0.29) is 6.10 Å². The smallest absolute Gasteiger partial charge is 0.127 e. The van der Waals surface area contributed by atoms with Gasteiger partial charge in [0.2, 0.25) is 0 Å². The molecule has 0 saturated carbocycles. The highest BCUT2D eigenvalue weighted by Crippen LogP contribution is 2.29. The highest BCUT2D eigenvalue weighted by molar-refractivity contribution is 5.41. The van der Waals surface area contributed by atoms with Gasteiger partial charge in [0.25, 0.3) is 0 Å². The molecule has 3 rings (SSSR count). The Hall–Kier alpha value is -1.30. The van der Waals surface area contributed by atoms with Crippen molar-refractivity contribution in [3.8, 4) is 11.5 Å². The molecule has 0 unspecified atom stereocenters. The maximum atomic E-state index is 5.99. The summed E-state index contributed by atoms with van der Waals surface area (Å²) in [6.45, 7) is 8.90. The van der Waals surface area contributed by atoms with Crippen LogP contribution in [0.3, 0.4) is 0 Å². The molecule has 5 nitrogen and oxygen atoms in total. The molecule has 0 spiro atoms. The normalized spacial score (nSPS) is 25.6. The fraction of sp³-hybridized carbons (Fsp3) is 0.667. The number of nitrogens with zero attached hydrogens (tertiary/aromatic N) is 2. The van der Waals surface area contributed by atoms with E-state index in [2.05, 4.69) is 36.8 Å². The maximum absolute atomic E-state index is 5.99. The molecule has 128 valence electrons. The van der Waals surface area contributed by atoms with Gasteiger partial charge in [-0.15, -0.1) is 0 Å². The number of ether oxygens (including phenoxy) is 3. The molecule has 2 heterocycles. The Balaban J connectivity index is 1.72. The molecule has 0 bridgehead atoms. The quantitative estimate of drug-likeness (QED) is 0.829. The van der Waals surface area contributed by atoms with Gasteiger partial charge < -0.3 is 14.2 Å². The first kappa shape index (κ1) is 16.6. The first-order chi connectivity index (χ1) is 11.1. The van der Waals surface area contributed by atoms with Crippen LogP contribution in [0.15, 0.2) is 18.2 Å². The van der Waals surface area contributed by atoms with Crippen LogP contribution in [0.4, 0.5) is 0 Å². The number of methoxy groups -OCH3 is 1. The predicted octanol–water partition coefficient (Wildman–Crippen LogP) is 2.00. The van der Waals surface area contributed by atoms with Crippen molar-refractivity contribution in [2.75, 3.05) is 40.4 Å². The minimum absolute atomic E-state index is 0.150. The molecular formula is C18H28N2O3. The third-order valence-corrected chi connectivity index (χ3v) is 4.69. The van der Waals surface area contributed by atoms with Crippen LogP contribution in [0.5, 0.6) is 11.5 Å². The topological polar surface area (TPSA) is 34.2 Å². The number of hydrogen-bond donors (Lipinski definition) is 0. The van der Waals surface area contributed by atoms with Crippen LogP contribution in [0, 0.1) is 0 Å². The second-order valence-electron chi connectivity index (χ2n) is 6.79. The monoisotopic (exact) mass is 320 g/mol. The molecule has 2 saturated heterocycles. The molecule has 0 aliphatic carbocycles. The molecule has 0 N–H and O–H groups in total. The summed E-state index contributed by atoms with van der Waals surface area (Å²) in [6.07, 6.45) is 0.484. The highest BCUT2D eigenvalue weighted by Gasteiger charge is 2.38. The summed E-state index contributed by atoms with van der Waals surface area (Å²) in [5.41, 5.74) is 1.21. The molecule has 5 heteroatoms. The lowest BCUT2D eigenvalue weighted by atomic mass is 10.1. The lowest BCUT2D eigenvalue weighted by Gasteiger charge is -2.33. The van der Waals surface area contributed by atoms with Crippen molar-refractivity contribution in [2.45, 2.75) is 38.6 Å². The third-order valence-electron chi connectivity index (χ3n) is 4.69. The predicted molar refractivity (Wildman–Crippen MR) is 90.2 cm³/mol. The number of rotatable bonds is 5. The Labute approximate surface area is 139 Å². The molecular weight excluding hydrogens is 292 g/mol. The number of morpholine rings is 1. The van der Waals surface area contributed by atoms with Crippen molar-refractivity contribution in [1.82, 2.24) is 9.80 Å². The molecule has 2 aliphatic rings. The first-order valence-corrected chi connectivity index (χ1v) is 8.44. The number of likely N-dealkylation sites (N-methyl/N-ethyl adjacent to an activating group) is 1. The largest absolute Gasteiger partial charge is 0.497 e. The van der Waals surface area contributed by atoms with Gasteiger partial charge in [-0.05, 0) is 27.0 Å². The summed E-state index contributed by atoms with van der Waals surface area (Å²) in [4.78, 5) is 4.89. The fourth-order valence-electron chi connectivity index (χ4n) is 3.46. The van der Waals surface area contributed by atoms with Crippen molar-refractivity contribution >= 4 is 0 Å². The SMILES string of the molecule is COc1ccc(CN2C[C@H]3OCCN(C)[C@H]3C2)c(OC(C)C)c1. The zero-order chi connectivity index (χ0) is 16.4. The van der Waals surface area contributed by atoms with Crippen LogP contribution >= 0.6 is 0 Å². The second kappa shape index (κ2) is 7.07. The van der Waals surface area contributed by atoms with Crippen LogP contribution in [0.1, 0.15) is 19.4 Å². The minimum Gasteiger partial charge on any atom is -0.497 e. The fourth-order valence-corrected chi connectivity index (χ4v) is 3.46. The van der Waals surface area contributed by atoms with E-state index in [1.54, 1.807) is 7.11 Å². The first-order valence-electron chi connectivity index (χ1n) is 8.44. The molecule has 23 heavy (non-hydrogen) atoms. The lowest BCUT2D eigenvalue weighted by molar-refractivity contribution is -0.0370. The summed E-state index contributed by atoms with van der Waals surface area (Å²) in [5, 5.41) is 0. The Morgan fingerprint density at radius 1 is 1.30 bits per heavy atom. The number of hydrogen-bond acceptors (Lipinski definition) is 5. The van der Waals surface area contributed by atoms with Crippen LogP contribution in [0.2, 0.25) is 0 Å². The molecule has 2 aliphatic heterocycles. The van der Waals surface area contributed by atoms with E-state index < -0.39 is 0 Å². The van der Waals surface area contributed by atoms with E-state index in [9.17, 15) is 0 Å². The van der Waals surface area contributed by atoms with E-state index in [1.165, 1.54) is 5.56 Å². The van der Waals surface area contributed by atoms with Gasteiger partial charge in [0.1, 0.15) is 11.5 Å². The Morgan fingerprint density at radius 2 is 2.13 bits per heavy atom. The van der Waals surface area contributed by atoms with Gasteiger partial charge >= 0.3 is 0 Å². The minimum atomic E-state index is 0.150. The van der Waals surface area contributed by atoms with E-state index in [0.717, 1.165) is 44.3 Å². The van der Waals surface area contributed by atoms with E-state index in [4.69, 9.17) is 14.2 Å². The van der Waals surface area contributed by atoms with Crippen molar-refractivity contribution in [3.05, 3.63) is 23.8 Å². The van der Waals surface area contributed by atoms with Gasteiger partial charge in [-0.3, -0.25) is 9.80 Å². The van der Waals surface area contributed by atoms with Crippen molar-refractivity contribution in [2.24, 2.45) is 0 Å². The van der Waals surface area contributed by atoms with E-state index >= 15 is 0 Å². The molecule has 2 atom stereocenters. The van der Waals surface area contributed by atoms with Crippen molar-refractivity contribution in [1.29, 1.82) is 0 Å². The lowest BCUT2D eigenvalue weighted by Crippen LogP contribution is -2.48. The Kier molecular flexibility index (Phi) is 5.09. The zero-order valence-electron chi connectivity index (χ0n) is 14.6. The van der Waals surface area contributed by atoms with E-state index in [1.807, 2.05) is 12.1 Å². The summed E-state index contributed by atoms with van der Waals surface area (Å²) in [6, 6.07) is 6.62. The highest BCUT2D eigenvalue weighted by atomic mass is 16.5. The van der Waals surface area contributed by atoms with Gasteiger partial charge in [0.05, 0.1) is 25.9 Å². The third kappa shape index (κ3) is 3.79. The summed E-state index contributed by atoms with van der Waals surface area (Å²) in [7, 11) is 3.89. The Bertz CT molecular complexity index is 535. The van der Waals surface area contributed by atoms with Gasteiger partial charge in [-0.1, -0.05) is 6.07 Å². The zero-order valence-corrected chi connectivity index (χ0v) is 14.6. The standard InChI is InChI=1S/C18H28N2O3/c1-13(2)23-17-9-15(21-4)6-5-14(17)10-20-11-16-18(12-20)22-8-7-19(16)3/h5-6,9,13,16,18H,7-8,10-12H2,1-4H3/t16-,18+/m0/s1. The van der Waals surface area contributed by atoms with Crippen LogP contribution < -0.4 is 9.47 Å². The van der Waals surface area contributed by atoms with Crippen molar-refractivity contribution < 1.29 is 14.2 Å². The van der Waals surface area contributed by atoms with Gasteiger partial charge in [-0.2, -0.15) is 0 Å². The number of likely N-dealkylation sites (tertiary alicyclic amines) is 1. The molecule has 2 fully saturated rings. The number of fused-ring (bicyclic) bond motifs is 1. The van der Waals surface area contributed by atoms with Gasteiger partial charge in [0, 0.05) is 43.9 Å². The average molecular weight is 320 g/mol. The maximum Gasteiger partial charge on any atom is 0.127 e. The van der Waals surface area contributed by atoms with Gasteiger partial charge in [-0.25, -0.2) is 0 Å². The van der Waals surface area contributed by atoms with Gasteiger partial charge in [0.15, 0.2) is 0 Å². The van der Waals surface area contributed by atoms with E-state index in [0.29, 0.717) is 12.1 Å². The summed E-state index contributed by atoms with van der Waals surface area (Å²) < 4.78 is 17.3. The van der Waals surface area contributed by atoms with Crippen molar-refractivity contribution in [3.63, 3.8) is 0 Å². The van der Waals surface area contributed by atoms with Crippen LogP contribution in [-0.4, -0.2) is 68.4 Å².